The van der Waals surface area contributed by atoms with Crippen molar-refractivity contribution in [1.82, 2.24) is 4.90 Å². The van der Waals surface area contributed by atoms with Gasteiger partial charge in [0.2, 0.25) is 17.5 Å². The van der Waals surface area contributed by atoms with Crippen molar-refractivity contribution >= 4 is 28.2 Å². The van der Waals surface area contributed by atoms with E-state index in [0.717, 1.165) is 16.3 Å². The van der Waals surface area contributed by atoms with Gasteiger partial charge >= 0.3 is 0 Å². The van der Waals surface area contributed by atoms with Crippen molar-refractivity contribution in [2.45, 2.75) is 27.3 Å². The molecule has 0 fully saturated rings. The summed E-state index contributed by atoms with van der Waals surface area (Å²) in [6.07, 6.45) is 0. The molecule has 148 valence electrons. The van der Waals surface area contributed by atoms with Crippen LogP contribution in [0.1, 0.15) is 44.5 Å². The minimum absolute atomic E-state index is 0.123. The number of rotatable bonds is 4. The molecule has 0 spiro atoms. The number of ketones is 2. The predicted molar refractivity (Wildman–Crippen MR) is 108 cm³/mol. The molecule has 0 atom stereocenters. The summed E-state index contributed by atoms with van der Waals surface area (Å²) >= 11 is 0. The molecule has 3 aromatic rings. The minimum atomic E-state index is -0.592. The fraction of sp³-hybridized carbons (Fsp3) is 0.261. The van der Waals surface area contributed by atoms with Gasteiger partial charge in [-0.15, -0.1) is 0 Å². The highest BCUT2D eigenvalue weighted by atomic mass is 16.3. The number of benzene rings is 2. The Balaban J connectivity index is 1.92. The van der Waals surface area contributed by atoms with Crippen LogP contribution < -0.4 is 0 Å². The summed E-state index contributed by atoms with van der Waals surface area (Å²) in [7, 11) is 0. The zero-order valence-electron chi connectivity index (χ0n) is 16.5. The number of carbonyl (C=O) groups excluding carboxylic acids is 3. The molecule has 6 nitrogen and oxygen atoms in total. The number of nitrogens with zero attached hydrogens (tertiary/aromatic N) is 1. The van der Waals surface area contributed by atoms with Gasteiger partial charge in [-0.3, -0.25) is 14.4 Å². The number of carbonyl (C=O) groups is 3. The molecule has 4 rings (SSSR count). The zero-order chi connectivity index (χ0) is 20.9. The van der Waals surface area contributed by atoms with Crippen LogP contribution in [-0.2, 0) is 11.3 Å². The van der Waals surface area contributed by atoms with Crippen molar-refractivity contribution < 1.29 is 23.9 Å². The van der Waals surface area contributed by atoms with Crippen molar-refractivity contribution in [2.24, 2.45) is 0 Å². The molecule has 29 heavy (non-hydrogen) atoms. The number of furan rings is 1. The van der Waals surface area contributed by atoms with Gasteiger partial charge in [0.1, 0.15) is 11.5 Å². The van der Waals surface area contributed by atoms with E-state index in [4.69, 9.17) is 4.42 Å². The van der Waals surface area contributed by atoms with Crippen LogP contribution >= 0.6 is 0 Å². The van der Waals surface area contributed by atoms with E-state index in [9.17, 15) is 19.5 Å². The van der Waals surface area contributed by atoms with Crippen LogP contribution in [0.4, 0.5) is 0 Å². The van der Waals surface area contributed by atoms with E-state index in [2.05, 4.69) is 0 Å². The average molecular weight is 391 g/mol. The Morgan fingerprint density at radius 2 is 1.76 bits per heavy atom. The number of hydrogen-bond acceptors (Lipinski definition) is 5. The fourth-order valence-corrected chi connectivity index (χ4v) is 3.99. The summed E-state index contributed by atoms with van der Waals surface area (Å²) in [5.41, 5.74) is 2.79. The Morgan fingerprint density at radius 1 is 1.03 bits per heavy atom. The monoisotopic (exact) mass is 391 g/mol. The second kappa shape index (κ2) is 6.97. The third kappa shape index (κ3) is 2.87. The Hall–Kier alpha value is -3.25. The first-order chi connectivity index (χ1) is 13.8. The van der Waals surface area contributed by atoms with Gasteiger partial charge in [0.15, 0.2) is 0 Å². The lowest BCUT2D eigenvalue weighted by atomic mass is 9.83. The first-order valence-electron chi connectivity index (χ1n) is 9.45. The average Bonchev–Trinajstić information content (AvgIpc) is 3.01. The minimum Gasteiger partial charge on any atom is -0.458 e. The third-order valence-electron chi connectivity index (χ3n) is 5.58. The van der Waals surface area contributed by atoms with E-state index in [-0.39, 0.29) is 31.2 Å². The van der Waals surface area contributed by atoms with Crippen molar-refractivity contribution in [1.29, 1.82) is 0 Å². The van der Waals surface area contributed by atoms with E-state index in [1.54, 1.807) is 6.92 Å². The van der Waals surface area contributed by atoms with Crippen LogP contribution in [0, 0.1) is 13.8 Å². The Kier molecular flexibility index (Phi) is 4.59. The molecule has 0 saturated carbocycles. The van der Waals surface area contributed by atoms with E-state index in [0.29, 0.717) is 28.2 Å². The highest BCUT2D eigenvalue weighted by molar-refractivity contribution is 6.54. The summed E-state index contributed by atoms with van der Waals surface area (Å²) in [6, 6.07) is 9.41. The highest BCUT2D eigenvalue weighted by Crippen LogP contribution is 2.41. The van der Waals surface area contributed by atoms with Gasteiger partial charge in [-0.05, 0) is 36.2 Å². The van der Waals surface area contributed by atoms with Crippen LogP contribution in [-0.4, -0.2) is 40.6 Å². The highest BCUT2D eigenvalue weighted by Gasteiger charge is 2.37. The van der Waals surface area contributed by atoms with Gasteiger partial charge in [-0.25, -0.2) is 0 Å². The predicted octanol–water partition coefficient (Wildman–Crippen LogP) is 3.44. The summed E-state index contributed by atoms with van der Waals surface area (Å²) in [5.74, 6) is -0.537. The maximum absolute atomic E-state index is 13.0. The van der Waals surface area contributed by atoms with E-state index < -0.39 is 11.6 Å². The van der Waals surface area contributed by atoms with Gasteiger partial charge in [-0.1, -0.05) is 24.3 Å². The topological polar surface area (TPSA) is 87.8 Å². The van der Waals surface area contributed by atoms with Crippen LogP contribution in [0.5, 0.6) is 0 Å². The first kappa shape index (κ1) is 19.1. The molecule has 0 bridgehead atoms. The number of aryl methyl sites for hydroxylation is 1. The van der Waals surface area contributed by atoms with Gasteiger partial charge in [0.05, 0.1) is 18.7 Å². The van der Waals surface area contributed by atoms with Crippen molar-refractivity contribution in [3.05, 3.63) is 58.3 Å². The molecule has 1 amide bonds. The standard InChI is InChI=1S/C23H21NO5/c1-12-5-4-6-16-15(12)7-8-17-20(16)22(28)21(27)19-13(2)18(29-23(17)19)11-24(9-10-25)14(3)26/h4-8,25H,9-11H2,1-3H3. The second-order valence-electron chi connectivity index (χ2n) is 7.33. The molecule has 6 heteroatoms. The van der Waals surface area contributed by atoms with Crippen LogP contribution in [0.3, 0.4) is 0 Å². The lowest BCUT2D eigenvalue weighted by Gasteiger charge is -2.18. The summed E-state index contributed by atoms with van der Waals surface area (Å²) in [5, 5.41) is 10.9. The number of aliphatic hydroxyl groups is 1. The smallest absolute Gasteiger partial charge is 0.237 e. The third-order valence-corrected chi connectivity index (χ3v) is 5.58. The molecule has 1 aromatic heterocycles. The van der Waals surface area contributed by atoms with Gasteiger partial charge < -0.3 is 14.4 Å². The van der Waals surface area contributed by atoms with Crippen molar-refractivity contribution in [3.8, 4) is 11.3 Å². The molecule has 1 heterocycles. The van der Waals surface area contributed by atoms with Crippen LogP contribution in [0.15, 0.2) is 34.7 Å². The SMILES string of the molecule is CC(=O)N(CCO)Cc1oc2c(c1C)C(=O)C(=O)c1c-2ccc2c(C)cccc12. The fourth-order valence-electron chi connectivity index (χ4n) is 3.99. The Labute approximate surface area is 167 Å². The van der Waals surface area contributed by atoms with Gasteiger partial charge in [0, 0.05) is 30.2 Å². The van der Waals surface area contributed by atoms with Crippen molar-refractivity contribution in [2.75, 3.05) is 13.2 Å². The molecule has 1 aliphatic rings. The lowest BCUT2D eigenvalue weighted by Crippen LogP contribution is -2.31. The van der Waals surface area contributed by atoms with Gasteiger partial charge in [-0.2, -0.15) is 0 Å². The Bertz CT molecular complexity index is 1190. The number of Topliss-reactive ketones (excluding diaryl/α,β-unsaturated/α-hetero) is 2. The molecular formula is C23H21NO5. The molecule has 0 radical (unpaired) electrons. The van der Waals surface area contributed by atoms with Crippen LogP contribution in [0.2, 0.25) is 0 Å². The normalized spacial score (nSPS) is 12.8. The van der Waals surface area contributed by atoms with E-state index in [1.165, 1.54) is 11.8 Å². The van der Waals surface area contributed by atoms with Crippen molar-refractivity contribution in [3.63, 3.8) is 0 Å². The summed E-state index contributed by atoms with van der Waals surface area (Å²) < 4.78 is 6.04. The molecule has 1 N–H and O–H groups in total. The molecule has 1 aliphatic carbocycles. The number of fused-ring (bicyclic) bond motifs is 5. The van der Waals surface area contributed by atoms with Crippen LogP contribution in [0.25, 0.3) is 22.1 Å². The summed E-state index contributed by atoms with van der Waals surface area (Å²) in [4.78, 5) is 39.2. The largest absolute Gasteiger partial charge is 0.458 e. The number of amides is 1. The second-order valence-corrected chi connectivity index (χ2v) is 7.33. The van der Waals surface area contributed by atoms with E-state index in [1.807, 2.05) is 37.3 Å². The van der Waals surface area contributed by atoms with E-state index >= 15 is 0 Å². The molecule has 0 unspecified atom stereocenters. The molecular weight excluding hydrogens is 370 g/mol. The molecule has 0 aliphatic heterocycles. The Morgan fingerprint density at radius 3 is 2.45 bits per heavy atom. The maximum atomic E-state index is 13.0. The number of aliphatic hydroxyl groups excluding tert-OH is 1. The zero-order valence-corrected chi connectivity index (χ0v) is 16.5. The van der Waals surface area contributed by atoms with Gasteiger partial charge in [0.25, 0.3) is 0 Å². The summed E-state index contributed by atoms with van der Waals surface area (Å²) in [6.45, 7) is 5.20. The lowest BCUT2D eigenvalue weighted by molar-refractivity contribution is -0.130. The number of hydrogen-bond donors (Lipinski definition) is 1. The quantitative estimate of drug-likeness (QED) is 0.689. The first-order valence-corrected chi connectivity index (χ1v) is 9.45. The molecule has 0 saturated heterocycles. The molecule has 2 aromatic carbocycles. The maximum Gasteiger partial charge on any atom is 0.237 e.